The predicted octanol–water partition coefficient (Wildman–Crippen LogP) is 2.60. The van der Waals surface area contributed by atoms with Gasteiger partial charge >= 0.3 is 6.09 Å². The number of hydrogen-bond donors (Lipinski definition) is 1. The van der Waals surface area contributed by atoms with Crippen LogP contribution in [0.5, 0.6) is 0 Å². The minimum Gasteiger partial charge on any atom is -0.450 e. The highest BCUT2D eigenvalue weighted by Crippen LogP contribution is 2.50. The Bertz CT molecular complexity index is 560. The number of nitrogens with zero attached hydrogens (tertiary/aromatic N) is 3. The molecule has 132 valence electrons. The monoisotopic (exact) mass is 332 g/mol. The standard InChI is InChI=1S/C18H28N4O2/c1-2-24-17(23)22-10-6-18(13-22)11-15(12-18)21-8-4-14(5-9-21)16-3-7-19-20-16/h3,7,14-15H,2,4-6,8-13H2,1H3,(H,19,20). The molecule has 0 atom stereocenters. The third-order valence-corrected chi connectivity index (χ3v) is 6.31. The van der Waals surface area contributed by atoms with Gasteiger partial charge < -0.3 is 14.5 Å². The number of amides is 1. The molecule has 1 aromatic rings. The van der Waals surface area contributed by atoms with E-state index in [0.717, 1.165) is 25.6 Å². The predicted molar refractivity (Wildman–Crippen MR) is 90.8 cm³/mol. The molecule has 24 heavy (non-hydrogen) atoms. The van der Waals surface area contributed by atoms with E-state index in [9.17, 15) is 4.79 Å². The number of ether oxygens (including phenoxy) is 1. The molecular formula is C18H28N4O2. The van der Waals surface area contributed by atoms with Crippen LogP contribution in [0.15, 0.2) is 12.3 Å². The number of rotatable bonds is 3. The molecular weight excluding hydrogens is 304 g/mol. The molecule has 3 heterocycles. The second-order valence-corrected chi connectivity index (χ2v) is 7.75. The summed E-state index contributed by atoms with van der Waals surface area (Å²) in [5.74, 6) is 0.642. The van der Waals surface area contributed by atoms with Gasteiger partial charge in [-0.3, -0.25) is 5.10 Å². The number of carbonyl (C=O) groups excluding carboxylic acids is 1. The molecule has 1 spiro atoms. The molecule has 1 saturated carbocycles. The first-order valence-corrected chi connectivity index (χ1v) is 9.34. The molecule has 3 aliphatic rings. The van der Waals surface area contributed by atoms with Crippen molar-refractivity contribution in [1.82, 2.24) is 20.0 Å². The highest BCUT2D eigenvalue weighted by atomic mass is 16.6. The molecule has 0 unspecified atom stereocenters. The number of likely N-dealkylation sites (tertiary alicyclic amines) is 2. The fourth-order valence-electron chi connectivity index (χ4n) is 4.91. The summed E-state index contributed by atoms with van der Waals surface area (Å²) >= 11 is 0. The molecule has 2 saturated heterocycles. The third-order valence-electron chi connectivity index (χ3n) is 6.31. The van der Waals surface area contributed by atoms with Crippen LogP contribution >= 0.6 is 0 Å². The molecule has 1 aromatic heterocycles. The summed E-state index contributed by atoms with van der Waals surface area (Å²) in [6.07, 6.45) is 7.81. The summed E-state index contributed by atoms with van der Waals surface area (Å²) in [5.41, 5.74) is 1.66. The zero-order chi connectivity index (χ0) is 16.6. The van der Waals surface area contributed by atoms with E-state index < -0.39 is 0 Å². The molecule has 1 amide bonds. The van der Waals surface area contributed by atoms with Gasteiger partial charge in [0, 0.05) is 36.9 Å². The van der Waals surface area contributed by atoms with E-state index in [-0.39, 0.29) is 6.09 Å². The molecule has 0 bridgehead atoms. The van der Waals surface area contributed by atoms with Crippen LogP contribution < -0.4 is 0 Å². The van der Waals surface area contributed by atoms with Crippen molar-refractivity contribution in [3.8, 4) is 0 Å². The second-order valence-electron chi connectivity index (χ2n) is 7.75. The molecule has 6 nitrogen and oxygen atoms in total. The number of H-pyrrole nitrogens is 1. The number of aromatic nitrogens is 2. The average Bonchev–Trinajstić information content (AvgIpc) is 3.24. The summed E-state index contributed by atoms with van der Waals surface area (Å²) in [6.45, 7) is 6.48. The Balaban J connectivity index is 1.24. The maximum atomic E-state index is 11.9. The van der Waals surface area contributed by atoms with Gasteiger partial charge in [-0.1, -0.05) is 0 Å². The first-order valence-electron chi connectivity index (χ1n) is 9.34. The van der Waals surface area contributed by atoms with Gasteiger partial charge in [-0.15, -0.1) is 0 Å². The number of aromatic amines is 1. The van der Waals surface area contributed by atoms with Crippen LogP contribution in [0.3, 0.4) is 0 Å². The highest BCUT2D eigenvalue weighted by Gasteiger charge is 2.51. The summed E-state index contributed by atoms with van der Waals surface area (Å²) in [7, 11) is 0. The van der Waals surface area contributed by atoms with E-state index in [1.165, 1.54) is 44.5 Å². The Morgan fingerprint density at radius 1 is 1.38 bits per heavy atom. The van der Waals surface area contributed by atoms with E-state index >= 15 is 0 Å². The topological polar surface area (TPSA) is 61.5 Å². The lowest BCUT2D eigenvalue weighted by molar-refractivity contribution is -0.00489. The van der Waals surface area contributed by atoms with Gasteiger partial charge in [-0.05, 0) is 63.6 Å². The van der Waals surface area contributed by atoms with Crippen molar-refractivity contribution >= 4 is 6.09 Å². The van der Waals surface area contributed by atoms with Crippen LogP contribution in [0.4, 0.5) is 4.79 Å². The van der Waals surface area contributed by atoms with Crippen LogP contribution in [-0.4, -0.2) is 64.9 Å². The summed E-state index contributed by atoms with van der Waals surface area (Å²) < 4.78 is 5.15. The number of nitrogens with one attached hydrogen (secondary N) is 1. The van der Waals surface area contributed by atoms with Crippen molar-refractivity contribution < 1.29 is 9.53 Å². The first-order chi connectivity index (χ1) is 11.7. The lowest BCUT2D eigenvalue weighted by Crippen LogP contribution is -2.54. The van der Waals surface area contributed by atoms with E-state index in [2.05, 4.69) is 21.2 Å². The normalized spacial score (nSPS) is 31.4. The van der Waals surface area contributed by atoms with Crippen LogP contribution in [0.1, 0.15) is 50.6 Å². The molecule has 0 radical (unpaired) electrons. The number of hydrogen-bond acceptors (Lipinski definition) is 4. The molecule has 0 aromatic carbocycles. The Kier molecular flexibility index (Phi) is 4.24. The molecule has 2 aliphatic heterocycles. The molecule has 6 heteroatoms. The van der Waals surface area contributed by atoms with E-state index in [1.807, 2.05) is 18.0 Å². The average molecular weight is 332 g/mol. The van der Waals surface area contributed by atoms with Gasteiger partial charge in [0.25, 0.3) is 0 Å². The van der Waals surface area contributed by atoms with Gasteiger partial charge in [-0.25, -0.2) is 4.79 Å². The van der Waals surface area contributed by atoms with Crippen molar-refractivity contribution in [3.63, 3.8) is 0 Å². The molecule has 1 N–H and O–H groups in total. The van der Waals surface area contributed by atoms with E-state index in [1.54, 1.807) is 0 Å². The van der Waals surface area contributed by atoms with Crippen LogP contribution in [0.25, 0.3) is 0 Å². The zero-order valence-electron chi connectivity index (χ0n) is 14.5. The molecule has 1 aliphatic carbocycles. The number of piperidine rings is 1. The Hall–Kier alpha value is -1.56. The minimum atomic E-state index is -0.127. The van der Waals surface area contributed by atoms with Gasteiger partial charge in [0.15, 0.2) is 0 Å². The largest absolute Gasteiger partial charge is 0.450 e. The molecule has 3 fully saturated rings. The van der Waals surface area contributed by atoms with Crippen molar-refractivity contribution in [3.05, 3.63) is 18.0 Å². The quantitative estimate of drug-likeness (QED) is 0.924. The maximum absolute atomic E-state index is 11.9. The van der Waals surface area contributed by atoms with E-state index in [0.29, 0.717) is 17.9 Å². The Morgan fingerprint density at radius 3 is 2.83 bits per heavy atom. The Morgan fingerprint density at radius 2 is 2.17 bits per heavy atom. The lowest BCUT2D eigenvalue weighted by atomic mass is 9.64. The second kappa shape index (κ2) is 6.39. The highest BCUT2D eigenvalue weighted by molar-refractivity contribution is 5.68. The fraction of sp³-hybridized carbons (Fsp3) is 0.778. The van der Waals surface area contributed by atoms with E-state index in [4.69, 9.17) is 4.74 Å². The van der Waals surface area contributed by atoms with Crippen molar-refractivity contribution in [2.24, 2.45) is 5.41 Å². The van der Waals surface area contributed by atoms with Crippen LogP contribution in [-0.2, 0) is 4.74 Å². The first kappa shape index (κ1) is 15.9. The van der Waals surface area contributed by atoms with Gasteiger partial charge in [-0.2, -0.15) is 5.10 Å². The summed E-state index contributed by atoms with van der Waals surface area (Å²) in [5, 5.41) is 7.21. The molecule has 4 rings (SSSR count). The van der Waals surface area contributed by atoms with Crippen molar-refractivity contribution in [1.29, 1.82) is 0 Å². The van der Waals surface area contributed by atoms with Gasteiger partial charge in [0.1, 0.15) is 0 Å². The minimum absolute atomic E-state index is 0.127. The van der Waals surface area contributed by atoms with Gasteiger partial charge in [0.05, 0.1) is 6.61 Å². The van der Waals surface area contributed by atoms with Gasteiger partial charge in [0.2, 0.25) is 0 Å². The number of carbonyl (C=O) groups is 1. The summed E-state index contributed by atoms with van der Waals surface area (Å²) in [4.78, 5) is 16.5. The fourth-order valence-corrected chi connectivity index (χ4v) is 4.91. The maximum Gasteiger partial charge on any atom is 0.409 e. The van der Waals surface area contributed by atoms with Crippen LogP contribution in [0.2, 0.25) is 0 Å². The van der Waals surface area contributed by atoms with Crippen molar-refractivity contribution in [2.45, 2.75) is 51.0 Å². The third kappa shape index (κ3) is 2.92. The lowest BCUT2D eigenvalue weighted by Gasteiger charge is -2.51. The summed E-state index contributed by atoms with van der Waals surface area (Å²) in [6, 6.07) is 2.83. The Labute approximate surface area is 143 Å². The smallest absolute Gasteiger partial charge is 0.409 e. The van der Waals surface area contributed by atoms with Crippen molar-refractivity contribution in [2.75, 3.05) is 32.8 Å². The van der Waals surface area contributed by atoms with Crippen LogP contribution in [0, 0.1) is 5.41 Å². The SMILES string of the molecule is CCOC(=O)N1CCC2(CC(N3CCC(c4ccn[nH]4)CC3)C2)C1. The zero-order valence-corrected chi connectivity index (χ0v) is 14.5.